The number of nitrogens with one attached hydrogen (secondary N) is 1. The summed E-state index contributed by atoms with van der Waals surface area (Å²) in [6.07, 6.45) is 3.97. The summed E-state index contributed by atoms with van der Waals surface area (Å²) in [6.45, 7) is 6.42. The van der Waals surface area contributed by atoms with Crippen molar-refractivity contribution in [3.05, 3.63) is 17.6 Å². The van der Waals surface area contributed by atoms with Gasteiger partial charge in [-0.3, -0.25) is 0 Å². The third-order valence-corrected chi connectivity index (χ3v) is 3.87. The van der Waals surface area contributed by atoms with Gasteiger partial charge < -0.3 is 15.1 Å². The van der Waals surface area contributed by atoms with Gasteiger partial charge >= 0.3 is 0 Å². The molecule has 18 heavy (non-hydrogen) atoms. The standard InChI is InChI=1S/C13H21N5/c1-17-5-2-6-18(8-7-17)13-11-9-14-4-3-12(11)15-10-16-13/h10,14H,2-9H2,1H3. The predicted octanol–water partition coefficient (Wildman–Crippen LogP) is 0.264. The van der Waals surface area contributed by atoms with Crippen LogP contribution in [0.15, 0.2) is 6.33 Å². The van der Waals surface area contributed by atoms with Crippen LogP contribution in [0.4, 0.5) is 5.82 Å². The lowest BCUT2D eigenvalue weighted by atomic mass is 10.1. The number of likely N-dealkylation sites (N-methyl/N-ethyl adjacent to an activating group) is 1. The maximum Gasteiger partial charge on any atom is 0.136 e. The molecule has 3 heterocycles. The molecular weight excluding hydrogens is 226 g/mol. The number of hydrogen-bond acceptors (Lipinski definition) is 5. The Labute approximate surface area is 108 Å². The lowest BCUT2D eigenvalue weighted by Crippen LogP contribution is -2.33. The highest BCUT2D eigenvalue weighted by Crippen LogP contribution is 2.23. The van der Waals surface area contributed by atoms with E-state index in [-0.39, 0.29) is 0 Å². The molecular formula is C13H21N5. The van der Waals surface area contributed by atoms with Crippen LogP contribution in [-0.4, -0.2) is 54.6 Å². The minimum Gasteiger partial charge on any atom is -0.355 e. The van der Waals surface area contributed by atoms with Crippen LogP contribution in [0.3, 0.4) is 0 Å². The molecule has 0 spiro atoms. The number of anilines is 1. The third kappa shape index (κ3) is 2.33. The SMILES string of the molecule is CN1CCCN(c2ncnc3c2CNCC3)CC1. The first-order valence-corrected chi connectivity index (χ1v) is 6.81. The second-order valence-corrected chi connectivity index (χ2v) is 5.19. The molecule has 5 heteroatoms. The van der Waals surface area contributed by atoms with E-state index in [2.05, 4.69) is 32.1 Å². The molecule has 0 atom stereocenters. The summed E-state index contributed by atoms with van der Waals surface area (Å²) in [4.78, 5) is 13.8. The Balaban J connectivity index is 1.87. The van der Waals surface area contributed by atoms with E-state index in [1.165, 1.54) is 24.2 Å². The highest BCUT2D eigenvalue weighted by Gasteiger charge is 2.20. The van der Waals surface area contributed by atoms with E-state index in [1.54, 1.807) is 6.33 Å². The Morgan fingerprint density at radius 3 is 3.06 bits per heavy atom. The van der Waals surface area contributed by atoms with Gasteiger partial charge in [-0.25, -0.2) is 9.97 Å². The van der Waals surface area contributed by atoms with Crippen molar-refractivity contribution < 1.29 is 0 Å². The zero-order valence-electron chi connectivity index (χ0n) is 11.0. The smallest absolute Gasteiger partial charge is 0.136 e. The molecule has 1 aromatic heterocycles. The van der Waals surface area contributed by atoms with Crippen molar-refractivity contribution in [3.8, 4) is 0 Å². The molecule has 0 amide bonds. The van der Waals surface area contributed by atoms with Gasteiger partial charge in [-0.2, -0.15) is 0 Å². The summed E-state index contributed by atoms with van der Waals surface area (Å²) >= 11 is 0. The van der Waals surface area contributed by atoms with E-state index in [4.69, 9.17) is 0 Å². The fourth-order valence-corrected chi connectivity index (χ4v) is 2.79. The second kappa shape index (κ2) is 5.20. The summed E-state index contributed by atoms with van der Waals surface area (Å²) in [5.74, 6) is 1.16. The molecule has 1 fully saturated rings. The largest absolute Gasteiger partial charge is 0.355 e. The molecule has 3 rings (SSSR count). The van der Waals surface area contributed by atoms with E-state index in [9.17, 15) is 0 Å². The zero-order valence-corrected chi connectivity index (χ0v) is 11.0. The second-order valence-electron chi connectivity index (χ2n) is 5.19. The highest BCUT2D eigenvalue weighted by molar-refractivity contribution is 5.49. The molecule has 0 unspecified atom stereocenters. The Kier molecular flexibility index (Phi) is 3.43. The van der Waals surface area contributed by atoms with Crippen molar-refractivity contribution in [2.24, 2.45) is 0 Å². The monoisotopic (exact) mass is 247 g/mol. The molecule has 2 aliphatic heterocycles. The number of rotatable bonds is 1. The van der Waals surface area contributed by atoms with Crippen molar-refractivity contribution in [3.63, 3.8) is 0 Å². The molecule has 1 aromatic rings. The van der Waals surface area contributed by atoms with Gasteiger partial charge in [-0.15, -0.1) is 0 Å². The number of nitrogens with zero attached hydrogens (tertiary/aromatic N) is 4. The van der Waals surface area contributed by atoms with E-state index >= 15 is 0 Å². The van der Waals surface area contributed by atoms with Crippen molar-refractivity contribution >= 4 is 5.82 Å². The van der Waals surface area contributed by atoms with Crippen LogP contribution in [0, 0.1) is 0 Å². The molecule has 98 valence electrons. The van der Waals surface area contributed by atoms with Crippen LogP contribution in [-0.2, 0) is 13.0 Å². The quantitative estimate of drug-likeness (QED) is 0.771. The van der Waals surface area contributed by atoms with Gasteiger partial charge in [0.05, 0.1) is 5.69 Å². The van der Waals surface area contributed by atoms with Gasteiger partial charge in [0.25, 0.3) is 0 Å². The molecule has 1 saturated heterocycles. The molecule has 1 N–H and O–H groups in total. The third-order valence-electron chi connectivity index (χ3n) is 3.87. The lowest BCUT2D eigenvalue weighted by Gasteiger charge is -2.27. The van der Waals surface area contributed by atoms with E-state index in [1.807, 2.05) is 0 Å². The lowest BCUT2D eigenvalue weighted by molar-refractivity contribution is 0.360. The Hall–Kier alpha value is -1.20. The van der Waals surface area contributed by atoms with Crippen LogP contribution in [0.2, 0.25) is 0 Å². The van der Waals surface area contributed by atoms with Crippen LogP contribution in [0.1, 0.15) is 17.7 Å². The van der Waals surface area contributed by atoms with Crippen molar-refractivity contribution in [2.45, 2.75) is 19.4 Å². The maximum atomic E-state index is 4.54. The molecule has 0 saturated carbocycles. The predicted molar refractivity (Wildman–Crippen MR) is 71.8 cm³/mol. The molecule has 0 bridgehead atoms. The average Bonchev–Trinajstić information content (AvgIpc) is 2.63. The minimum absolute atomic E-state index is 0.915. The maximum absolute atomic E-state index is 4.54. The van der Waals surface area contributed by atoms with E-state index < -0.39 is 0 Å². The first kappa shape index (κ1) is 11.9. The number of fused-ring (bicyclic) bond motifs is 1. The Bertz CT molecular complexity index is 420. The molecule has 0 radical (unpaired) electrons. The molecule has 5 nitrogen and oxygen atoms in total. The van der Waals surface area contributed by atoms with Crippen molar-refractivity contribution in [1.29, 1.82) is 0 Å². The van der Waals surface area contributed by atoms with Gasteiger partial charge in [0, 0.05) is 44.7 Å². The van der Waals surface area contributed by atoms with Crippen molar-refractivity contribution in [2.75, 3.05) is 44.7 Å². The molecule has 0 aromatic carbocycles. The topological polar surface area (TPSA) is 44.3 Å². The zero-order chi connectivity index (χ0) is 12.4. The molecule has 2 aliphatic rings. The fourth-order valence-electron chi connectivity index (χ4n) is 2.79. The molecule has 0 aliphatic carbocycles. The Morgan fingerprint density at radius 1 is 1.17 bits per heavy atom. The normalized spacial score (nSPS) is 21.5. The van der Waals surface area contributed by atoms with Crippen LogP contribution >= 0.6 is 0 Å². The van der Waals surface area contributed by atoms with Crippen LogP contribution in [0.25, 0.3) is 0 Å². The first-order valence-electron chi connectivity index (χ1n) is 6.81. The van der Waals surface area contributed by atoms with E-state index in [0.29, 0.717) is 0 Å². The number of aromatic nitrogens is 2. The van der Waals surface area contributed by atoms with Crippen LogP contribution in [0.5, 0.6) is 0 Å². The fraction of sp³-hybridized carbons (Fsp3) is 0.692. The summed E-state index contributed by atoms with van der Waals surface area (Å²) in [7, 11) is 2.19. The van der Waals surface area contributed by atoms with Gasteiger partial charge in [0.15, 0.2) is 0 Å². The summed E-state index contributed by atoms with van der Waals surface area (Å²) in [5, 5.41) is 3.43. The van der Waals surface area contributed by atoms with Gasteiger partial charge in [-0.05, 0) is 20.0 Å². The number of hydrogen-bond donors (Lipinski definition) is 1. The van der Waals surface area contributed by atoms with Gasteiger partial charge in [0.2, 0.25) is 0 Å². The summed E-state index contributed by atoms with van der Waals surface area (Å²) in [5.41, 5.74) is 2.55. The van der Waals surface area contributed by atoms with Crippen molar-refractivity contribution in [1.82, 2.24) is 20.2 Å². The van der Waals surface area contributed by atoms with Gasteiger partial charge in [0.1, 0.15) is 12.1 Å². The van der Waals surface area contributed by atoms with Gasteiger partial charge in [-0.1, -0.05) is 0 Å². The van der Waals surface area contributed by atoms with Crippen LogP contribution < -0.4 is 10.2 Å². The summed E-state index contributed by atoms with van der Waals surface area (Å²) < 4.78 is 0. The first-order chi connectivity index (χ1) is 8.84. The average molecular weight is 247 g/mol. The summed E-state index contributed by atoms with van der Waals surface area (Å²) in [6, 6.07) is 0. The van der Waals surface area contributed by atoms with E-state index in [0.717, 1.165) is 45.0 Å². The minimum atomic E-state index is 0.915. The highest BCUT2D eigenvalue weighted by atomic mass is 15.2. The Morgan fingerprint density at radius 2 is 2.11 bits per heavy atom.